The quantitative estimate of drug-likeness (QED) is 0.896. The molecule has 2 aromatic heterocycles. The maximum absolute atomic E-state index is 6.13. The summed E-state index contributed by atoms with van der Waals surface area (Å²) in [5.74, 6) is 0.955. The number of hydrogen-bond acceptors (Lipinski definition) is 4. The minimum atomic E-state index is 0.00658. The van der Waals surface area contributed by atoms with Crippen LogP contribution in [0.4, 0.5) is 0 Å². The summed E-state index contributed by atoms with van der Waals surface area (Å²) in [6.07, 6.45) is 3.53. The van der Waals surface area contributed by atoms with Gasteiger partial charge in [0, 0.05) is 24.3 Å². The van der Waals surface area contributed by atoms with Crippen LogP contribution in [0.1, 0.15) is 30.0 Å². The second-order valence-electron chi connectivity index (χ2n) is 4.98. The molecule has 2 unspecified atom stereocenters. The van der Waals surface area contributed by atoms with Crippen LogP contribution in [0.25, 0.3) is 0 Å². The molecule has 0 bridgehead atoms. The molecule has 0 saturated carbocycles. The summed E-state index contributed by atoms with van der Waals surface area (Å²) in [6.45, 7) is 4.79. The highest BCUT2D eigenvalue weighted by atomic mass is 16.3. The summed E-state index contributed by atoms with van der Waals surface area (Å²) in [4.78, 5) is 6.64. The molecule has 0 aliphatic rings. The highest BCUT2D eigenvalue weighted by molar-refractivity contribution is 5.17. The van der Waals surface area contributed by atoms with Gasteiger partial charge in [-0.1, -0.05) is 6.07 Å². The molecule has 102 valence electrons. The minimum Gasteiger partial charge on any atom is -0.469 e. The van der Waals surface area contributed by atoms with Crippen molar-refractivity contribution in [3.63, 3.8) is 0 Å². The predicted octanol–water partition coefficient (Wildman–Crippen LogP) is 2.50. The molecule has 0 aromatic carbocycles. The zero-order chi connectivity index (χ0) is 13.8. The first kappa shape index (κ1) is 13.8. The van der Waals surface area contributed by atoms with Crippen LogP contribution in [0, 0.1) is 6.92 Å². The first-order chi connectivity index (χ1) is 9.09. The Balaban J connectivity index is 2.18. The lowest BCUT2D eigenvalue weighted by atomic mass is 10.0. The molecule has 0 aliphatic carbocycles. The molecule has 2 aromatic rings. The van der Waals surface area contributed by atoms with Crippen molar-refractivity contribution in [1.29, 1.82) is 0 Å². The van der Waals surface area contributed by atoms with Gasteiger partial charge in [-0.25, -0.2) is 0 Å². The standard InChI is InChI=1S/C15H21N3O/c1-11(16)15(14-6-4-5-8-17-14)18(3)10-13-7-9-19-12(13)2/h4-9,11,15H,10,16H2,1-3H3. The number of likely N-dealkylation sites (N-methyl/N-ethyl adjacent to an activating group) is 1. The van der Waals surface area contributed by atoms with Gasteiger partial charge in [-0.2, -0.15) is 0 Å². The number of nitrogens with two attached hydrogens (primary N) is 1. The van der Waals surface area contributed by atoms with Gasteiger partial charge in [0.25, 0.3) is 0 Å². The topological polar surface area (TPSA) is 55.3 Å². The lowest BCUT2D eigenvalue weighted by Gasteiger charge is -2.30. The lowest BCUT2D eigenvalue weighted by molar-refractivity contribution is 0.205. The molecule has 2 N–H and O–H groups in total. The van der Waals surface area contributed by atoms with Crippen LogP contribution in [0.2, 0.25) is 0 Å². The average Bonchev–Trinajstić information content (AvgIpc) is 2.76. The molecular formula is C15H21N3O. The van der Waals surface area contributed by atoms with Crippen LogP contribution < -0.4 is 5.73 Å². The van der Waals surface area contributed by atoms with Crippen LogP contribution in [0.5, 0.6) is 0 Å². The largest absolute Gasteiger partial charge is 0.469 e. The molecule has 0 amide bonds. The summed E-state index contributed by atoms with van der Waals surface area (Å²) >= 11 is 0. The zero-order valence-electron chi connectivity index (χ0n) is 11.7. The third kappa shape index (κ3) is 3.22. The molecule has 2 rings (SSSR count). The third-order valence-electron chi connectivity index (χ3n) is 3.35. The van der Waals surface area contributed by atoms with E-state index in [0.29, 0.717) is 0 Å². The van der Waals surface area contributed by atoms with Gasteiger partial charge in [-0.05, 0) is 39.1 Å². The summed E-state index contributed by atoms with van der Waals surface area (Å²) in [6, 6.07) is 8.04. The van der Waals surface area contributed by atoms with Crippen molar-refractivity contribution in [2.45, 2.75) is 32.5 Å². The van der Waals surface area contributed by atoms with Gasteiger partial charge in [0.2, 0.25) is 0 Å². The molecule has 4 nitrogen and oxygen atoms in total. The summed E-state index contributed by atoms with van der Waals surface area (Å²) in [5, 5.41) is 0. The van der Waals surface area contributed by atoms with Gasteiger partial charge in [0.15, 0.2) is 0 Å². The van der Waals surface area contributed by atoms with E-state index in [1.807, 2.05) is 44.3 Å². The highest BCUT2D eigenvalue weighted by Gasteiger charge is 2.23. The van der Waals surface area contributed by atoms with Crippen molar-refractivity contribution in [2.24, 2.45) is 5.73 Å². The minimum absolute atomic E-state index is 0.00658. The molecule has 0 spiro atoms. The summed E-state index contributed by atoms with van der Waals surface area (Å²) < 4.78 is 5.34. The molecule has 4 heteroatoms. The van der Waals surface area contributed by atoms with E-state index in [4.69, 9.17) is 10.2 Å². The maximum Gasteiger partial charge on any atom is 0.105 e. The SMILES string of the molecule is Cc1occc1CN(C)C(c1ccccn1)C(C)N. The van der Waals surface area contributed by atoms with Crippen molar-refractivity contribution in [3.8, 4) is 0 Å². The zero-order valence-corrected chi connectivity index (χ0v) is 11.7. The van der Waals surface area contributed by atoms with Gasteiger partial charge in [0.1, 0.15) is 5.76 Å². The van der Waals surface area contributed by atoms with E-state index < -0.39 is 0 Å². The molecule has 0 radical (unpaired) electrons. The second kappa shape index (κ2) is 5.99. The van der Waals surface area contributed by atoms with Gasteiger partial charge < -0.3 is 10.2 Å². The van der Waals surface area contributed by atoms with E-state index in [9.17, 15) is 0 Å². The van der Waals surface area contributed by atoms with Gasteiger partial charge in [0.05, 0.1) is 18.0 Å². The Bertz CT molecular complexity index is 507. The number of furan rings is 1. The van der Waals surface area contributed by atoms with E-state index in [0.717, 1.165) is 18.0 Å². The summed E-state index contributed by atoms with van der Waals surface area (Å²) in [5.41, 5.74) is 8.32. The normalized spacial score (nSPS) is 14.6. The van der Waals surface area contributed by atoms with E-state index >= 15 is 0 Å². The molecule has 19 heavy (non-hydrogen) atoms. The number of aromatic nitrogens is 1. The Morgan fingerprint density at radius 3 is 2.68 bits per heavy atom. The molecular weight excluding hydrogens is 238 g/mol. The van der Waals surface area contributed by atoms with Crippen LogP contribution in [-0.2, 0) is 6.54 Å². The highest BCUT2D eigenvalue weighted by Crippen LogP contribution is 2.23. The van der Waals surface area contributed by atoms with E-state index in [2.05, 4.69) is 16.9 Å². The van der Waals surface area contributed by atoms with Crippen molar-refractivity contribution < 1.29 is 4.42 Å². The number of rotatable bonds is 5. The fourth-order valence-corrected chi connectivity index (χ4v) is 2.39. The monoisotopic (exact) mass is 259 g/mol. The number of nitrogens with zero attached hydrogens (tertiary/aromatic N) is 2. The Hall–Kier alpha value is -1.65. The molecule has 2 heterocycles. The van der Waals surface area contributed by atoms with Gasteiger partial charge in [-0.15, -0.1) is 0 Å². The Morgan fingerprint density at radius 1 is 1.37 bits per heavy atom. The van der Waals surface area contributed by atoms with Crippen molar-refractivity contribution in [2.75, 3.05) is 7.05 Å². The van der Waals surface area contributed by atoms with Crippen molar-refractivity contribution >= 4 is 0 Å². The Labute approximate surface area is 114 Å². The van der Waals surface area contributed by atoms with Crippen LogP contribution in [0.3, 0.4) is 0 Å². The molecule has 2 atom stereocenters. The Morgan fingerprint density at radius 2 is 2.16 bits per heavy atom. The van der Waals surface area contributed by atoms with E-state index in [1.165, 1.54) is 5.56 Å². The van der Waals surface area contributed by atoms with Crippen molar-refractivity contribution in [1.82, 2.24) is 9.88 Å². The fraction of sp³-hybridized carbons (Fsp3) is 0.400. The predicted molar refractivity (Wildman–Crippen MR) is 75.5 cm³/mol. The number of aryl methyl sites for hydroxylation is 1. The first-order valence-electron chi connectivity index (χ1n) is 6.49. The van der Waals surface area contributed by atoms with E-state index in [1.54, 1.807) is 6.26 Å². The lowest BCUT2D eigenvalue weighted by Crippen LogP contribution is -2.37. The van der Waals surface area contributed by atoms with Gasteiger partial charge >= 0.3 is 0 Å². The van der Waals surface area contributed by atoms with Crippen molar-refractivity contribution in [3.05, 3.63) is 53.7 Å². The number of pyridine rings is 1. The maximum atomic E-state index is 6.13. The third-order valence-corrected chi connectivity index (χ3v) is 3.35. The van der Waals surface area contributed by atoms with Crippen LogP contribution in [-0.4, -0.2) is 23.0 Å². The molecule has 0 fully saturated rings. The molecule has 0 aliphatic heterocycles. The van der Waals surface area contributed by atoms with E-state index in [-0.39, 0.29) is 12.1 Å². The average molecular weight is 259 g/mol. The van der Waals surface area contributed by atoms with Crippen LogP contribution >= 0.6 is 0 Å². The van der Waals surface area contributed by atoms with Crippen LogP contribution in [0.15, 0.2) is 41.1 Å². The smallest absolute Gasteiger partial charge is 0.105 e. The number of hydrogen-bond donors (Lipinski definition) is 1. The second-order valence-corrected chi connectivity index (χ2v) is 4.98. The Kier molecular flexibility index (Phi) is 4.35. The summed E-state index contributed by atoms with van der Waals surface area (Å²) in [7, 11) is 2.06. The molecule has 0 saturated heterocycles. The van der Waals surface area contributed by atoms with Gasteiger partial charge in [-0.3, -0.25) is 9.88 Å². The fourth-order valence-electron chi connectivity index (χ4n) is 2.39. The first-order valence-corrected chi connectivity index (χ1v) is 6.49.